The Bertz CT molecular complexity index is 1620. The van der Waals surface area contributed by atoms with Gasteiger partial charge in [0.25, 0.3) is 0 Å². The predicted molar refractivity (Wildman–Crippen MR) is 163 cm³/mol. The molecule has 0 unspecified atom stereocenters. The number of rotatable bonds is 7. The van der Waals surface area contributed by atoms with Crippen molar-refractivity contribution in [3.05, 3.63) is 94.3 Å². The first kappa shape index (κ1) is 30.7. The first-order chi connectivity index (χ1) is 20.9. The van der Waals surface area contributed by atoms with Crippen LogP contribution in [-0.2, 0) is 9.59 Å². The van der Waals surface area contributed by atoms with Crippen LogP contribution in [0.25, 0.3) is 0 Å². The summed E-state index contributed by atoms with van der Waals surface area (Å²) >= 11 is 6.21. The molecule has 3 heterocycles. The summed E-state index contributed by atoms with van der Waals surface area (Å²) < 4.78 is 6.31. The minimum absolute atomic E-state index is 0.120. The highest BCUT2D eigenvalue weighted by atomic mass is 35.5. The smallest absolute Gasteiger partial charge is 0.326 e. The molecule has 0 aliphatic carbocycles. The van der Waals surface area contributed by atoms with E-state index in [-0.39, 0.29) is 29.6 Å². The van der Waals surface area contributed by atoms with Crippen molar-refractivity contribution in [2.24, 2.45) is 4.99 Å². The number of nitrogens with one attached hydrogen (secondary N) is 1. The van der Waals surface area contributed by atoms with Gasteiger partial charge in [-0.3, -0.25) is 29.3 Å². The number of benzene rings is 2. The molecular formula is C32H32ClN5O6. The standard InChI is InChI=1S/C32H32ClN5O6/c1-32(2,3)44-25-16-21(24(39)17-27(41)42)6-9-23(25)30-36-28(19-4-7-22(33)8-5-19)29(20-10-12-34-13-11-20)38(30)31(43)37-15-14-35-26(40)18-37/h4-13,16,28-29H,14-15,17-18H2,1-3H3,(H,35,40)(H,41,42)/t28-,29+/m0/s1. The molecule has 0 saturated carbocycles. The topological polar surface area (TPSA) is 142 Å². The van der Waals surface area contributed by atoms with Gasteiger partial charge in [-0.05, 0) is 68.3 Å². The van der Waals surface area contributed by atoms with E-state index in [1.54, 1.807) is 35.5 Å². The molecule has 1 saturated heterocycles. The van der Waals surface area contributed by atoms with Crippen LogP contribution in [-0.4, -0.2) is 74.7 Å². The molecule has 3 amide bonds. The second-order valence-corrected chi connectivity index (χ2v) is 12.0. The Balaban J connectivity index is 1.71. The molecule has 2 atom stereocenters. The van der Waals surface area contributed by atoms with Gasteiger partial charge >= 0.3 is 12.0 Å². The fraction of sp³-hybridized carbons (Fsp3) is 0.312. The molecule has 1 fully saturated rings. The van der Waals surface area contributed by atoms with E-state index < -0.39 is 41.9 Å². The maximum absolute atomic E-state index is 14.4. The van der Waals surface area contributed by atoms with Gasteiger partial charge in [-0.25, -0.2) is 4.79 Å². The monoisotopic (exact) mass is 617 g/mol. The Labute approximate surface area is 259 Å². The number of carbonyl (C=O) groups is 4. The van der Waals surface area contributed by atoms with Gasteiger partial charge < -0.3 is 20.1 Å². The highest BCUT2D eigenvalue weighted by molar-refractivity contribution is 6.30. The highest BCUT2D eigenvalue weighted by Gasteiger charge is 2.45. The zero-order valence-corrected chi connectivity index (χ0v) is 25.2. The van der Waals surface area contributed by atoms with Gasteiger partial charge in [0, 0.05) is 36.1 Å². The number of amidine groups is 1. The van der Waals surface area contributed by atoms with E-state index in [0.29, 0.717) is 23.7 Å². The number of halogens is 1. The second-order valence-electron chi connectivity index (χ2n) is 11.5. The molecule has 2 aliphatic rings. The number of aliphatic carboxylic acids is 1. The Morgan fingerprint density at radius 2 is 1.75 bits per heavy atom. The number of ketones is 1. The van der Waals surface area contributed by atoms with Crippen LogP contribution in [0.1, 0.15) is 66.3 Å². The largest absolute Gasteiger partial charge is 0.487 e. The molecule has 0 radical (unpaired) electrons. The van der Waals surface area contributed by atoms with E-state index in [1.807, 2.05) is 45.0 Å². The van der Waals surface area contributed by atoms with Crippen molar-refractivity contribution >= 4 is 41.1 Å². The number of carbonyl (C=O) groups excluding carboxylic acids is 3. The fourth-order valence-electron chi connectivity index (χ4n) is 5.24. The number of piperazine rings is 1. The van der Waals surface area contributed by atoms with Gasteiger partial charge in [0.05, 0.1) is 11.6 Å². The predicted octanol–water partition coefficient (Wildman–Crippen LogP) is 4.67. The van der Waals surface area contributed by atoms with Crippen molar-refractivity contribution in [1.82, 2.24) is 20.1 Å². The van der Waals surface area contributed by atoms with Crippen LogP contribution in [0.5, 0.6) is 5.75 Å². The van der Waals surface area contributed by atoms with Crippen LogP contribution in [0, 0.1) is 0 Å². The van der Waals surface area contributed by atoms with Crippen molar-refractivity contribution in [3.63, 3.8) is 0 Å². The molecule has 3 aromatic rings. The summed E-state index contributed by atoms with van der Waals surface area (Å²) in [5, 5.41) is 12.5. The zero-order chi connectivity index (χ0) is 31.6. The summed E-state index contributed by atoms with van der Waals surface area (Å²) in [5.41, 5.74) is 1.42. The van der Waals surface area contributed by atoms with Gasteiger partial charge in [0.15, 0.2) is 5.78 Å². The van der Waals surface area contributed by atoms with Crippen LogP contribution in [0.4, 0.5) is 4.79 Å². The van der Waals surface area contributed by atoms with Crippen molar-refractivity contribution in [2.45, 2.75) is 44.9 Å². The maximum Gasteiger partial charge on any atom is 0.326 e. The van der Waals surface area contributed by atoms with Crippen LogP contribution < -0.4 is 10.1 Å². The summed E-state index contributed by atoms with van der Waals surface area (Å²) in [4.78, 5) is 63.1. The van der Waals surface area contributed by atoms with Crippen molar-refractivity contribution in [1.29, 1.82) is 0 Å². The maximum atomic E-state index is 14.4. The molecule has 228 valence electrons. The first-order valence-electron chi connectivity index (χ1n) is 14.1. The first-order valence-corrected chi connectivity index (χ1v) is 14.5. The van der Waals surface area contributed by atoms with Crippen molar-refractivity contribution < 1.29 is 29.0 Å². The molecule has 0 bridgehead atoms. The SMILES string of the molecule is CC(C)(C)Oc1cc(C(=O)CC(=O)O)ccc1C1=N[C@@H](c2ccc(Cl)cc2)[C@@H](c2ccncc2)N1C(=O)N1CCNC(=O)C1. The van der Waals surface area contributed by atoms with Gasteiger partial charge in [0.2, 0.25) is 5.91 Å². The van der Waals surface area contributed by atoms with Crippen LogP contribution in [0.2, 0.25) is 5.02 Å². The number of pyridine rings is 1. The van der Waals surface area contributed by atoms with Gasteiger partial charge in [0.1, 0.15) is 36.2 Å². The molecule has 2 aromatic carbocycles. The summed E-state index contributed by atoms with van der Waals surface area (Å²) in [7, 11) is 0. The molecule has 44 heavy (non-hydrogen) atoms. The number of ether oxygens (including phenoxy) is 1. The summed E-state index contributed by atoms with van der Waals surface area (Å²) in [6.45, 7) is 6.01. The van der Waals surface area contributed by atoms with Gasteiger partial charge in [-0.2, -0.15) is 0 Å². The van der Waals surface area contributed by atoms with Crippen LogP contribution in [0.3, 0.4) is 0 Å². The van der Waals surface area contributed by atoms with E-state index in [4.69, 9.17) is 21.3 Å². The quantitative estimate of drug-likeness (QED) is 0.290. The van der Waals surface area contributed by atoms with Crippen LogP contribution in [0.15, 0.2) is 72.0 Å². The molecule has 5 rings (SSSR count). The molecule has 0 spiro atoms. The van der Waals surface area contributed by atoms with Crippen LogP contribution >= 0.6 is 11.6 Å². The summed E-state index contributed by atoms with van der Waals surface area (Å²) in [6.07, 6.45) is 2.60. The molecule has 11 nitrogen and oxygen atoms in total. The Morgan fingerprint density at radius 1 is 1.05 bits per heavy atom. The number of aliphatic imine (C=N–C) groups is 1. The number of amides is 3. The molecule has 12 heteroatoms. The lowest BCUT2D eigenvalue weighted by molar-refractivity contribution is -0.136. The minimum atomic E-state index is -1.24. The Morgan fingerprint density at radius 3 is 2.39 bits per heavy atom. The summed E-state index contributed by atoms with van der Waals surface area (Å²) in [5.74, 6) is -1.57. The lowest BCUT2D eigenvalue weighted by Crippen LogP contribution is -2.55. The molecule has 2 N–H and O–H groups in total. The van der Waals surface area contributed by atoms with Crippen molar-refractivity contribution in [3.8, 4) is 5.75 Å². The zero-order valence-electron chi connectivity index (χ0n) is 24.5. The average molecular weight is 618 g/mol. The number of Topliss-reactive ketones (excluding diaryl/α,β-unsaturated/α-hetero) is 1. The number of nitrogens with zero attached hydrogens (tertiary/aromatic N) is 4. The third kappa shape index (κ3) is 6.73. The van der Waals surface area contributed by atoms with Gasteiger partial charge in [-0.1, -0.05) is 29.8 Å². The normalized spacial score (nSPS) is 18.5. The lowest BCUT2D eigenvalue weighted by atomic mass is 9.94. The number of carboxylic acids is 1. The average Bonchev–Trinajstić information content (AvgIpc) is 3.36. The Hall–Kier alpha value is -4.77. The van der Waals surface area contributed by atoms with E-state index in [2.05, 4.69) is 10.3 Å². The number of urea groups is 1. The molecule has 1 aromatic heterocycles. The van der Waals surface area contributed by atoms with E-state index >= 15 is 0 Å². The van der Waals surface area contributed by atoms with E-state index in [9.17, 15) is 24.3 Å². The van der Waals surface area contributed by atoms with Crippen molar-refractivity contribution in [2.75, 3.05) is 19.6 Å². The number of hydrogen-bond acceptors (Lipinski definition) is 7. The minimum Gasteiger partial charge on any atom is -0.487 e. The number of carboxylic acid groups (broad SMARTS) is 1. The van der Waals surface area contributed by atoms with E-state index in [0.717, 1.165) is 11.1 Å². The lowest BCUT2D eigenvalue weighted by Gasteiger charge is -2.36. The third-order valence-corrected chi connectivity index (χ3v) is 7.37. The number of hydrogen-bond donors (Lipinski definition) is 2. The third-order valence-electron chi connectivity index (χ3n) is 7.11. The summed E-state index contributed by atoms with van der Waals surface area (Å²) in [6, 6.07) is 13.8. The van der Waals surface area contributed by atoms with E-state index in [1.165, 1.54) is 17.0 Å². The molecule has 2 aliphatic heterocycles. The fourth-order valence-corrected chi connectivity index (χ4v) is 5.37. The second kappa shape index (κ2) is 12.5. The highest BCUT2D eigenvalue weighted by Crippen LogP contribution is 2.45. The molecular weight excluding hydrogens is 586 g/mol. The van der Waals surface area contributed by atoms with Gasteiger partial charge in [-0.15, -0.1) is 0 Å². The Kier molecular flexibility index (Phi) is 8.68. The number of aromatic nitrogens is 1.